The fraction of sp³-hybridized carbons (Fsp3) is 0.167. The van der Waals surface area contributed by atoms with Crippen molar-refractivity contribution in [2.75, 3.05) is 6.54 Å². The third kappa shape index (κ3) is 3.44. The molecule has 0 radical (unpaired) electrons. The van der Waals surface area contributed by atoms with Gasteiger partial charge in [0.2, 0.25) is 5.82 Å². The number of carbonyl (C=O) groups is 2. The van der Waals surface area contributed by atoms with Gasteiger partial charge in [-0.3, -0.25) is 4.79 Å². The first-order valence-corrected chi connectivity index (χ1v) is 5.65. The first kappa shape index (κ1) is 14.7. The molecule has 1 aromatic heterocycles. The van der Waals surface area contributed by atoms with E-state index in [4.69, 9.17) is 0 Å². The van der Waals surface area contributed by atoms with Gasteiger partial charge in [0.1, 0.15) is 6.29 Å². The van der Waals surface area contributed by atoms with Gasteiger partial charge in [-0.05, 0) is 12.1 Å². The summed E-state index contributed by atoms with van der Waals surface area (Å²) in [5, 5.41) is 5.55. The number of rotatable bonds is 4. The Labute approximate surface area is 116 Å². The Kier molecular flexibility index (Phi) is 4.01. The molecule has 21 heavy (non-hydrogen) atoms. The summed E-state index contributed by atoms with van der Waals surface area (Å²) in [5.41, 5.74) is 0.515. The second kappa shape index (κ2) is 5.73. The smallest absolute Gasteiger partial charge is 0.345 e. The zero-order chi connectivity index (χ0) is 15.5. The molecule has 1 heterocycles. The van der Waals surface area contributed by atoms with Gasteiger partial charge >= 0.3 is 12.1 Å². The number of carbonyl (C=O) groups excluding carboxylic acids is 2. The standard InChI is InChI=1S/C12H8F3N3O3/c13-12(14,15)11-17-9(18-21-11)7-1-3-8(4-2-7)10(20)16-5-6-19/h1-4,6H,5H2,(H,16,20). The van der Waals surface area contributed by atoms with Gasteiger partial charge in [-0.15, -0.1) is 0 Å². The van der Waals surface area contributed by atoms with Gasteiger partial charge in [-0.25, -0.2) is 0 Å². The Morgan fingerprint density at radius 2 is 1.95 bits per heavy atom. The summed E-state index contributed by atoms with van der Waals surface area (Å²) < 4.78 is 41.1. The number of benzene rings is 1. The van der Waals surface area contributed by atoms with E-state index in [9.17, 15) is 22.8 Å². The van der Waals surface area contributed by atoms with Crippen molar-refractivity contribution in [2.24, 2.45) is 0 Å². The summed E-state index contributed by atoms with van der Waals surface area (Å²) >= 11 is 0. The molecule has 110 valence electrons. The maximum absolute atomic E-state index is 12.3. The zero-order valence-electron chi connectivity index (χ0n) is 10.3. The molecule has 6 nitrogen and oxygen atoms in total. The van der Waals surface area contributed by atoms with Crippen molar-refractivity contribution < 1.29 is 27.3 Å². The van der Waals surface area contributed by atoms with E-state index in [1.54, 1.807) is 0 Å². The van der Waals surface area contributed by atoms with Gasteiger partial charge < -0.3 is 14.6 Å². The average molecular weight is 299 g/mol. The lowest BCUT2D eigenvalue weighted by Crippen LogP contribution is -2.24. The number of nitrogens with one attached hydrogen (secondary N) is 1. The van der Waals surface area contributed by atoms with E-state index in [0.717, 1.165) is 0 Å². The summed E-state index contributed by atoms with van der Waals surface area (Å²) in [7, 11) is 0. The zero-order valence-corrected chi connectivity index (χ0v) is 10.3. The molecule has 0 saturated carbocycles. The summed E-state index contributed by atoms with van der Waals surface area (Å²) in [6.07, 6.45) is -4.18. The minimum atomic E-state index is -4.71. The molecule has 0 unspecified atom stereocenters. The second-order valence-corrected chi connectivity index (χ2v) is 3.87. The van der Waals surface area contributed by atoms with Crippen LogP contribution in [0.1, 0.15) is 16.2 Å². The van der Waals surface area contributed by atoms with Gasteiger partial charge in [0, 0.05) is 11.1 Å². The highest BCUT2D eigenvalue weighted by molar-refractivity contribution is 5.95. The topological polar surface area (TPSA) is 85.1 Å². The summed E-state index contributed by atoms with van der Waals surface area (Å²) in [5.74, 6) is -2.15. The molecule has 1 aromatic carbocycles. The summed E-state index contributed by atoms with van der Waals surface area (Å²) in [6.45, 7) is -0.125. The maximum Gasteiger partial charge on any atom is 0.471 e. The largest absolute Gasteiger partial charge is 0.471 e. The van der Waals surface area contributed by atoms with Crippen molar-refractivity contribution in [1.29, 1.82) is 0 Å². The third-order valence-electron chi connectivity index (χ3n) is 2.42. The number of aromatic nitrogens is 2. The molecule has 0 atom stereocenters. The Balaban J connectivity index is 2.17. The molecule has 0 saturated heterocycles. The summed E-state index contributed by atoms with van der Waals surface area (Å²) in [4.78, 5) is 24.9. The van der Waals surface area contributed by atoms with Crippen molar-refractivity contribution >= 4 is 12.2 Å². The highest BCUT2D eigenvalue weighted by atomic mass is 19.4. The van der Waals surface area contributed by atoms with E-state index < -0.39 is 18.0 Å². The molecule has 2 rings (SSSR count). The van der Waals surface area contributed by atoms with Crippen LogP contribution in [0.15, 0.2) is 28.8 Å². The Morgan fingerprint density at radius 1 is 1.29 bits per heavy atom. The van der Waals surface area contributed by atoms with Crippen molar-refractivity contribution in [3.05, 3.63) is 35.7 Å². The van der Waals surface area contributed by atoms with Gasteiger partial charge in [0.25, 0.3) is 5.91 Å². The minimum Gasteiger partial charge on any atom is -0.345 e. The normalized spacial score (nSPS) is 11.2. The van der Waals surface area contributed by atoms with Crippen molar-refractivity contribution in [2.45, 2.75) is 6.18 Å². The lowest BCUT2D eigenvalue weighted by molar-refractivity contribution is -0.159. The third-order valence-corrected chi connectivity index (χ3v) is 2.42. The van der Waals surface area contributed by atoms with Crippen LogP contribution in [0.3, 0.4) is 0 Å². The molecule has 0 aliphatic heterocycles. The van der Waals surface area contributed by atoms with Crippen molar-refractivity contribution in [1.82, 2.24) is 15.5 Å². The van der Waals surface area contributed by atoms with Gasteiger partial charge in [-0.2, -0.15) is 18.2 Å². The van der Waals surface area contributed by atoms with E-state index >= 15 is 0 Å². The van der Waals surface area contributed by atoms with Crippen molar-refractivity contribution in [3.63, 3.8) is 0 Å². The van der Waals surface area contributed by atoms with Crippen LogP contribution in [-0.2, 0) is 11.0 Å². The molecule has 1 N–H and O–H groups in total. The average Bonchev–Trinajstić information content (AvgIpc) is 2.95. The van der Waals surface area contributed by atoms with Crippen LogP contribution < -0.4 is 5.32 Å². The molecule has 0 spiro atoms. The number of halogens is 3. The molecule has 0 aliphatic carbocycles. The van der Waals surface area contributed by atoms with Crippen LogP contribution in [0.2, 0.25) is 0 Å². The molecule has 1 amide bonds. The number of amides is 1. The lowest BCUT2D eigenvalue weighted by atomic mass is 10.1. The van der Waals surface area contributed by atoms with Crippen LogP contribution >= 0.6 is 0 Å². The second-order valence-electron chi connectivity index (χ2n) is 3.87. The van der Waals surface area contributed by atoms with Crippen LogP contribution in [0.5, 0.6) is 0 Å². The Morgan fingerprint density at radius 3 is 2.48 bits per heavy atom. The molecule has 9 heteroatoms. The predicted molar refractivity (Wildman–Crippen MR) is 63.1 cm³/mol. The van der Waals surface area contributed by atoms with Crippen LogP contribution in [0.25, 0.3) is 11.4 Å². The molecule has 2 aromatic rings. The summed E-state index contributed by atoms with van der Waals surface area (Å²) in [6, 6.07) is 5.50. The van der Waals surface area contributed by atoms with Crippen LogP contribution in [-0.4, -0.2) is 28.9 Å². The maximum atomic E-state index is 12.3. The van der Waals surface area contributed by atoms with E-state index in [2.05, 4.69) is 20.0 Å². The highest BCUT2D eigenvalue weighted by Gasteiger charge is 2.38. The SMILES string of the molecule is O=CCNC(=O)c1ccc(-c2noc(C(F)(F)F)n2)cc1. The quantitative estimate of drug-likeness (QED) is 0.868. The highest BCUT2D eigenvalue weighted by Crippen LogP contribution is 2.29. The number of aldehydes is 1. The van der Waals surface area contributed by atoms with E-state index in [1.165, 1.54) is 24.3 Å². The first-order valence-electron chi connectivity index (χ1n) is 5.65. The minimum absolute atomic E-state index is 0.125. The number of hydrogen-bond acceptors (Lipinski definition) is 5. The Hall–Kier alpha value is -2.71. The molecule has 0 bridgehead atoms. The Bertz CT molecular complexity index is 650. The van der Waals surface area contributed by atoms with E-state index in [-0.39, 0.29) is 23.5 Å². The first-order chi connectivity index (χ1) is 9.91. The van der Waals surface area contributed by atoms with E-state index in [1.807, 2.05) is 0 Å². The van der Waals surface area contributed by atoms with Crippen LogP contribution in [0.4, 0.5) is 13.2 Å². The predicted octanol–water partition coefficient (Wildman–Crippen LogP) is 1.68. The number of hydrogen-bond donors (Lipinski definition) is 1. The fourth-order valence-electron chi connectivity index (χ4n) is 1.46. The van der Waals surface area contributed by atoms with Gasteiger partial charge in [-0.1, -0.05) is 17.3 Å². The van der Waals surface area contributed by atoms with Crippen molar-refractivity contribution in [3.8, 4) is 11.4 Å². The number of alkyl halides is 3. The molecule has 0 aliphatic rings. The van der Waals surface area contributed by atoms with Crippen LogP contribution in [0, 0.1) is 0 Å². The fourth-order valence-corrected chi connectivity index (χ4v) is 1.46. The van der Waals surface area contributed by atoms with Gasteiger partial charge in [0.15, 0.2) is 0 Å². The molecular formula is C12H8F3N3O3. The van der Waals surface area contributed by atoms with Gasteiger partial charge in [0.05, 0.1) is 6.54 Å². The lowest BCUT2D eigenvalue weighted by Gasteiger charge is -2.01. The number of nitrogens with zero attached hydrogens (tertiary/aromatic N) is 2. The monoisotopic (exact) mass is 299 g/mol. The van der Waals surface area contributed by atoms with E-state index in [0.29, 0.717) is 6.29 Å². The molecular weight excluding hydrogens is 291 g/mol. The molecule has 0 fully saturated rings.